The molecular weight excluding hydrogens is 265 g/mol. The Labute approximate surface area is 118 Å². The van der Waals surface area contributed by atoms with Gasteiger partial charge in [0.25, 0.3) is 0 Å². The Bertz CT molecular complexity index is 424. The number of hydrogen-bond donors (Lipinski definition) is 1. The fraction of sp³-hybridized carbons (Fsp3) is 0.600. The van der Waals surface area contributed by atoms with Gasteiger partial charge in [0.05, 0.1) is 5.56 Å². The molecule has 2 nitrogen and oxygen atoms in total. The lowest BCUT2D eigenvalue weighted by molar-refractivity contribution is -0.137. The van der Waals surface area contributed by atoms with Gasteiger partial charge in [-0.25, -0.2) is 0 Å². The van der Waals surface area contributed by atoms with Gasteiger partial charge < -0.3 is 5.73 Å². The van der Waals surface area contributed by atoms with E-state index in [9.17, 15) is 13.2 Å². The Balaban J connectivity index is 3.02. The van der Waals surface area contributed by atoms with Gasteiger partial charge in [-0.05, 0) is 45.0 Å². The minimum Gasteiger partial charge on any atom is -0.329 e. The van der Waals surface area contributed by atoms with Crippen LogP contribution >= 0.6 is 0 Å². The maximum absolute atomic E-state index is 12.6. The molecule has 114 valence electrons. The third kappa shape index (κ3) is 3.73. The molecule has 1 aromatic carbocycles. The molecule has 0 amide bonds. The summed E-state index contributed by atoms with van der Waals surface area (Å²) in [5, 5.41) is 0. The van der Waals surface area contributed by atoms with Crippen molar-refractivity contribution < 1.29 is 13.2 Å². The lowest BCUT2D eigenvalue weighted by Crippen LogP contribution is -2.45. The predicted molar refractivity (Wildman–Crippen MR) is 75.4 cm³/mol. The first kappa shape index (κ1) is 17.0. The molecule has 0 heterocycles. The number of alkyl halides is 3. The Hall–Kier alpha value is -1.07. The fourth-order valence-electron chi connectivity index (χ4n) is 2.08. The predicted octanol–water partition coefficient (Wildman–Crippen LogP) is 3.83. The molecule has 0 aliphatic carbocycles. The van der Waals surface area contributed by atoms with Gasteiger partial charge in [-0.3, -0.25) is 4.90 Å². The summed E-state index contributed by atoms with van der Waals surface area (Å²) in [6.07, 6.45) is -3.37. The molecule has 0 fully saturated rings. The lowest BCUT2D eigenvalue weighted by Gasteiger charge is -2.40. The minimum atomic E-state index is -4.30. The molecule has 0 radical (unpaired) electrons. The van der Waals surface area contributed by atoms with E-state index in [0.29, 0.717) is 6.54 Å². The minimum absolute atomic E-state index is 0.0628. The highest BCUT2D eigenvalue weighted by molar-refractivity contribution is 5.27. The first-order valence-corrected chi connectivity index (χ1v) is 6.73. The highest BCUT2D eigenvalue weighted by atomic mass is 19.4. The molecule has 1 rings (SSSR count). The topological polar surface area (TPSA) is 29.3 Å². The van der Waals surface area contributed by atoms with Crippen molar-refractivity contribution in [1.82, 2.24) is 4.90 Å². The van der Waals surface area contributed by atoms with Crippen molar-refractivity contribution in [1.29, 1.82) is 0 Å². The molecule has 0 spiro atoms. The van der Waals surface area contributed by atoms with E-state index >= 15 is 0 Å². The molecule has 0 saturated heterocycles. The van der Waals surface area contributed by atoms with Crippen molar-refractivity contribution in [2.75, 3.05) is 13.6 Å². The van der Waals surface area contributed by atoms with Crippen LogP contribution < -0.4 is 5.73 Å². The van der Waals surface area contributed by atoms with Crippen LogP contribution in [0.4, 0.5) is 13.2 Å². The molecule has 1 aromatic rings. The quantitative estimate of drug-likeness (QED) is 0.892. The molecule has 20 heavy (non-hydrogen) atoms. The molecule has 0 aliphatic rings. The second-order valence-corrected chi connectivity index (χ2v) is 5.65. The smallest absolute Gasteiger partial charge is 0.329 e. The van der Waals surface area contributed by atoms with Gasteiger partial charge in [-0.2, -0.15) is 13.2 Å². The first-order valence-electron chi connectivity index (χ1n) is 6.73. The molecule has 0 bridgehead atoms. The Kier molecular flexibility index (Phi) is 5.21. The maximum Gasteiger partial charge on any atom is 0.416 e. The lowest BCUT2D eigenvalue weighted by atomic mass is 9.94. The average molecular weight is 288 g/mol. The highest BCUT2D eigenvalue weighted by Gasteiger charge is 2.31. The SMILES string of the molecule is CCC(C)(C)N(C)C(CN)c1ccc(C(F)(F)F)cc1. The van der Waals surface area contributed by atoms with E-state index in [1.165, 1.54) is 12.1 Å². The summed E-state index contributed by atoms with van der Waals surface area (Å²) in [6.45, 7) is 6.64. The van der Waals surface area contributed by atoms with Crippen molar-refractivity contribution >= 4 is 0 Å². The second-order valence-electron chi connectivity index (χ2n) is 5.65. The van der Waals surface area contributed by atoms with Crippen LogP contribution in [0.25, 0.3) is 0 Å². The monoisotopic (exact) mass is 288 g/mol. The summed E-state index contributed by atoms with van der Waals surface area (Å²) in [5.74, 6) is 0. The summed E-state index contributed by atoms with van der Waals surface area (Å²) in [6, 6.07) is 5.17. The van der Waals surface area contributed by atoms with Gasteiger partial charge in [-0.1, -0.05) is 19.1 Å². The van der Waals surface area contributed by atoms with E-state index in [1.807, 2.05) is 7.05 Å². The van der Waals surface area contributed by atoms with Crippen LogP contribution in [0, 0.1) is 0 Å². The van der Waals surface area contributed by atoms with Gasteiger partial charge in [0.1, 0.15) is 0 Å². The molecule has 1 atom stereocenters. The summed E-state index contributed by atoms with van der Waals surface area (Å²) in [5.41, 5.74) is 5.93. The zero-order valence-corrected chi connectivity index (χ0v) is 12.5. The highest BCUT2D eigenvalue weighted by Crippen LogP contribution is 2.32. The molecule has 2 N–H and O–H groups in total. The van der Waals surface area contributed by atoms with Crippen LogP contribution in [0.1, 0.15) is 44.4 Å². The zero-order chi connectivity index (χ0) is 15.6. The van der Waals surface area contributed by atoms with Crippen molar-refractivity contribution in [3.05, 3.63) is 35.4 Å². The van der Waals surface area contributed by atoms with E-state index in [1.54, 1.807) is 0 Å². The third-order valence-corrected chi connectivity index (χ3v) is 4.13. The Morgan fingerprint density at radius 2 is 1.65 bits per heavy atom. The number of nitrogens with two attached hydrogens (primary N) is 1. The molecule has 5 heteroatoms. The summed E-state index contributed by atoms with van der Waals surface area (Å²) >= 11 is 0. The van der Waals surface area contributed by atoms with E-state index < -0.39 is 11.7 Å². The normalized spacial score (nSPS) is 14.7. The van der Waals surface area contributed by atoms with Crippen molar-refractivity contribution in [3.63, 3.8) is 0 Å². The number of nitrogens with zero attached hydrogens (tertiary/aromatic N) is 1. The van der Waals surface area contributed by atoms with E-state index in [-0.39, 0.29) is 11.6 Å². The van der Waals surface area contributed by atoms with Crippen LogP contribution in [-0.4, -0.2) is 24.0 Å². The van der Waals surface area contributed by atoms with Crippen molar-refractivity contribution in [3.8, 4) is 0 Å². The summed E-state index contributed by atoms with van der Waals surface area (Å²) in [7, 11) is 1.96. The van der Waals surface area contributed by atoms with Crippen LogP contribution in [0.5, 0.6) is 0 Å². The maximum atomic E-state index is 12.6. The average Bonchev–Trinajstić information content (AvgIpc) is 2.39. The Morgan fingerprint density at radius 1 is 1.15 bits per heavy atom. The number of rotatable bonds is 5. The zero-order valence-electron chi connectivity index (χ0n) is 12.5. The van der Waals surface area contributed by atoms with Crippen LogP contribution in [0.2, 0.25) is 0 Å². The van der Waals surface area contributed by atoms with Gasteiger partial charge >= 0.3 is 6.18 Å². The third-order valence-electron chi connectivity index (χ3n) is 4.13. The van der Waals surface area contributed by atoms with Gasteiger partial charge in [0, 0.05) is 18.1 Å². The van der Waals surface area contributed by atoms with Gasteiger partial charge in [0.15, 0.2) is 0 Å². The van der Waals surface area contributed by atoms with Crippen molar-refractivity contribution in [2.45, 2.75) is 44.9 Å². The van der Waals surface area contributed by atoms with E-state index in [2.05, 4.69) is 25.7 Å². The number of benzene rings is 1. The fourth-order valence-corrected chi connectivity index (χ4v) is 2.08. The first-order chi connectivity index (χ1) is 9.13. The van der Waals surface area contributed by atoms with Crippen LogP contribution in [0.15, 0.2) is 24.3 Å². The molecular formula is C15H23F3N2. The number of halogens is 3. The standard InChI is InChI=1S/C15H23F3N2/c1-5-14(2,3)20(4)13(10-19)11-6-8-12(9-7-11)15(16,17)18/h6-9,13H,5,10,19H2,1-4H3. The molecule has 0 saturated carbocycles. The second kappa shape index (κ2) is 6.14. The molecule has 0 aliphatic heterocycles. The van der Waals surface area contributed by atoms with Crippen molar-refractivity contribution in [2.24, 2.45) is 5.73 Å². The van der Waals surface area contributed by atoms with E-state index in [4.69, 9.17) is 5.73 Å². The Morgan fingerprint density at radius 3 is 2.00 bits per heavy atom. The summed E-state index contributed by atoms with van der Waals surface area (Å²) in [4.78, 5) is 2.12. The summed E-state index contributed by atoms with van der Waals surface area (Å²) < 4.78 is 37.7. The molecule has 1 unspecified atom stereocenters. The van der Waals surface area contributed by atoms with Gasteiger partial charge in [-0.15, -0.1) is 0 Å². The number of hydrogen-bond acceptors (Lipinski definition) is 2. The van der Waals surface area contributed by atoms with Crippen LogP contribution in [0.3, 0.4) is 0 Å². The van der Waals surface area contributed by atoms with Gasteiger partial charge in [0.2, 0.25) is 0 Å². The number of likely N-dealkylation sites (N-methyl/N-ethyl adjacent to an activating group) is 1. The largest absolute Gasteiger partial charge is 0.416 e. The molecule has 0 aromatic heterocycles. The van der Waals surface area contributed by atoms with E-state index in [0.717, 1.165) is 24.1 Å². The van der Waals surface area contributed by atoms with Crippen LogP contribution in [-0.2, 0) is 6.18 Å².